The van der Waals surface area contributed by atoms with Gasteiger partial charge in [0.25, 0.3) is 0 Å². The molecule has 1 saturated heterocycles. The SMILES string of the molecule is N#CCCCC(=O)NC1CCC(CCN2CCN(c3ccc4c(c3)OCO4)CC2)CC1. The molecule has 2 fully saturated rings. The summed E-state index contributed by atoms with van der Waals surface area (Å²) in [4.78, 5) is 17.0. The smallest absolute Gasteiger partial charge is 0.231 e. The highest BCUT2D eigenvalue weighted by molar-refractivity contribution is 5.76. The van der Waals surface area contributed by atoms with Crippen LogP contribution in [0.2, 0.25) is 0 Å². The van der Waals surface area contributed by atoms with Crippen molar-refractivity contribution in [3.8, 4) is 17.6 Å². The lowest BCUT2D eigenvalue weighted by molar-refractivity contribution is -0.122. The lowest BCUT2D eigenvalue weighted by atomic mass is 9.84. The van der Waals surface area contributed by atoms with E-state index in [9.17, 15) is 4.79 Å². The van der Waals surface area contributed by atoms with Gasteiger partial charge in [-0.05, 0) is 63.1 Å². The average molecular weight is 427 g/mol. The minimum atomic E-state index is 0.110. The topological polar surface area (TPSA) is 77.8 Å². The lowest BCUT2D eigenvalue weighted by Crippen LogP contribution is -2.47. The van der Waals surface area contributed by atoms with Crippen molar-refractivity contribution in [3.63, 3.8) is 0 Å². The third kappa shape index (κ3) is 6.04. The summed E-state index contributed by atoms with van der Waals surface area (Å²) in [5.41, 5.74) is 1.22. The Bertz CT molecular complexity index is 778. The number of carbonyl (C=O) groups excluding carboxylic acids is 1. The lowest BCUT2D eigenvalue weighted by Gasteiger charge is -2.37. The third-order valence-corrected chi connectivity index (χ3v) is 6.85. The normalized spacial score (nSPS) is 23.4. The molecule has 1 aromatic carbocycles. The molecule has 0 spiro atoms. The van der Waals surface area contributed by atoms with Crippen LogP contribution >= 0.6 is 0 Å². The van der Waals surface area contributed by atoms with E-state index in [-0.39, 0.29) is 5.91 Å². The molecule has 2 heterocycles. The molecule has 1 saturated carbocycles. The Kier molecular flexibility index (Phi) is 7.52. The summed E-state index contributed by atoms with van der Waals surface area (Å²) in [6.07, 6.45) is 7.46. The number of rotatable bonds is 8. The van der Waals surface area contributed by atoms with E-state index in [2.05, 4.69) is 33.3 Å². The number of hydrogen-bond donors (Lipinski definition) is 1. The second-order valence-electron chi connectivity index (χ2n) is 8.95. The Morgan fingerprint density at radius 1 is 1.10 bits per heavy atom. The highest BCUT2D eigenvalue weighted by atomic mass is 16.7. The monoisotopic (exact) mass is 426 g/mol. The number of fused-ring (bicyclic) bond motifs is 1. The van der Waals surface area contributed by atoms with Crippen LogP contribution in [0.3, 0.4) is 0 Å². The zero-order valence-electron chi connectivity index (χ0n) is 18.4. The molecule has 3 aliphatic rings. The standard InChI is InChI=1S/C24H34N4O3/c25-11-2-1-3-24(29)26-20-6-4-19(5-7-20)10-12-27-13-15-28(16-14-27)21-8-9-22-23(17-21)31-18-30-22/h8-9,17,19-20H,1-7,10,12-16,18H2,(H,26,29). The van der Waals surface area contributed by atoms with Gasteiger partial charge >= 0.3 is 0 Å². The molecule has 2 aliphatic heterocycles. The fraction of sp³-hybridized carbons (Fsp3) is 0.667. The quantitative estimate of drug-likeness (QED) is 0.643. The summed E-state index contributed by atoms with van der Waals surface area (Å²) < 4.78 is 10.9. The summed E-state index contributed by atoms with van der Waals surface area (Å²) in [5.74, 6) is 2.59. The number of nitrogens with one attached hydrogen (secondary N) is 1. The van der Waals surface area contributed by atoms with Crippen molar-refractivity contribution in [2.75, 3.05) is 44.4 Å². The van der Waals surface area contributed by atoms with Crippen molar-refractivity contribution in [1.82, 2.24) is 10.2 Å². The summed E-state index contributed by atoms with van der Waals surface area (Å²) in [7, 11) is 0. The van der Waals surface area contributed by atoms with Crippen LogP contribution < -0.4 is 19.7 Å². The molecule has 168 valence electrons. The molecule has 1 N–H and O–H groups in total. The Hall–Kier alpha value is -2.46. The van der Waals surface area contributed by atoms with E-state index in [0.717, 1.165) is 56.4 Å². The molecular formula is C24H34N4O3. The molecule has 1 aliphatic carbocycles. The summed E-state index contributed by atoms with van der Waals surface area (Å²) in [5, 5.41) is 11.7. The van der Waals surface area contributed by atoms with Gasteiger partial charge in [0.2, 0.25) is 12.7 Å². The molecule has 0 atom stereocenters. The van der Waals surface area contributed by atoms with E-state index in [1.54, 1.807) is 0 Å². The Morgan fingerprint density at radius 3 is 2.65 bits per heavy atom. The Balaban J connectivity index is 1.11. The van der Waals surface area contributed by atoms with E-state index in [1.165, 1.54) is 31.5 Å². The van der Waals surface area contributed by atoms with E-state index >= 15 is 0 Å². The van der Waals surface area contributed by atoms with Crippen LogP contribution in [0.1, 0.15) is 51.4 Å². The molecular weight excluding hydrogens is 392 g/mol. The summed E-state index contributed by atoms with van der Waals surface area (Å²) in [6, 6.07) is 8.66. The maximum Gasteiger partial charge on any atom is 0.231 e. The molecule has 0 bridgehead atoms. The molecule has 0 unspecified atom stereocenters. The molecule has 0 radical (unpaired) electrons. The fourth-order valence-corrected chi connectivity index (χ4v) is 4.90. The number of carbonyl (C=O) groups is 1. The van der Waals surface area contributed by atoms with Crippen molar-refractivity contribution in [2.24, 2.45) is 5.92 Å². The molecule has 4 rings (SSSR count). The number of unbranched alkanes of at least 4 members (excludes halogenated alkanes) is 1. The van der Waals surface area contributed by atoms with Crippen molar-refractivity contribution >= 4 is 11.6 Å². The first-order chi connectivity index (χ1) is 15.2. The number of amides is 1. The maximum atomic E-state index is 11.9. The summed E-state index contributed by atoms with van der Waals surface area (Å²) in [6.45, 7) is 5.79. The number of benzene rings is 1. The second kappa shape index (κ2) is 10.7. The van der Waals surface area contributed by atoms with Crippen LogP contribution in [0.5, 0.6) is 11.5 Å². The van der Waals surface area contributed by atoms with Crippen molar-refractivity contribution in [3.05, 3.63) is 18.2 Å². The maximum absolute atomic E-state index is 11.9. The zero-order chi connectivity index (χ0) is 21.5. The summed E-state index contributed by atoms with van der Waals surface area (Å²) >= 11 is 0. The molecule has 1 aromatic rings. The molecule has 31 heavy (non-hydrogen) atoms. The van der Waals surface area contributed by atoms with Gasteiger partial charge in [0.15, 0.2) is 11.5 Å². The van der Waals surface area contributed by atoms with Gasteiger partial charge in [0.05, 0.1) is 6.07 Å². The van der Waals surface area contributed by atoms with E-state index in [1.807, 2.05) is 6.07 Å². The van der Waals surface area contributed by atoms with Gasteiger partial charge in [-0.15, -0.1) is 0 Å². The minimum absolute atomic E-state index is 0.110. The first kappa shape index (κ1) is 21.8. The van der Waals surface area contributed by atoms with E-state index in [0.29, 0.717) is 32.1 Å². The Morgan fingerprint density at radius 2 is 1.87 bits per heavy atom. The van der Waals surface area contributed by atoms with E-state index < -0.39 is 0 Å². The van der Waals surface area contributed by atoms with Crippen LogP contribution in [0.4, 0.5) is 5.69 Å². The van der Waals surface area contributed by atoms with Gasteiger partial charge in [-0.3, -0.25) is 9.69 Å². The molecule has 7 heteroatoms. The van der Waals surface area contributed by atoms with Crippen LogP contribution in [0.15, 0.2) is 18.2 Å². The van der Waals surface area contributed by atoms with Gasteiger partial charge in [-0.2, -0.15) is 5.26 Å². The fourth-order valence-electron chi connectivity index (χ4n) is 4.90. The highest BCUT2D eigenvalue weighted by Gasteiger charge is 2.24. The van der Waals surface area contributed by atoms with Gasteiger partial charge in [-0.1, -0.05) is 0 Å². The Labute approximate surface area is 185 Å². The van der Waals surface area contributed by atoms with Gasteiger partial charge in [0.1, 0.15) is 0 Å². The molecule has 1 amide bonds. The number of hydrogen-bond acceptors (Lipinski definition) is 6. The number of ether oxygens (including phenoxy) is 2. The number of anilines is 1. The third-order valence-electron chi connectivity index (χ3n) is 6.85. The zero-order valence-corrected chi connectivity index (χ0v) is 18.4. The van der Waals surface area contributed by atoms with Gasteiger partial charge in [-0.25, -0.2) is 0 Å². The van der Waals surface area contributed by atoms with Gasteiger partial charge in [0, 0.05) is 56.8 Å². The molecule has 7 nitrogen and oxygen atoms in total. The largest absolute Gasteiger partial charge is 0.454 e. The second-order valence-corrected chi connectivity index (χ2v) is 8.95. The van der Waals surface area contributed by atoms with Crippen LogP contribution in [0, 0.1) is 17.2 Å². The van der Waals surface area contributed by atoms with Crippen LogP contribution in [-0.4, -0.2) is 56.4 Å². The van der Waals surface area contributed by atoms with E-state index in [4.69, 9.17) is 14.7 Å². The predicted octanol–water partition coefficient (Wildman–Crippen LogP) is 3.30. The minimum Gasteiger partial charge on any atom is -0.454 e. The first-order valence-corrected chi connectivity index (χ1v) is 11.7. The number of piperazine rings is 1. The predicted molar refractivity (Wildman–Crippen MR) is 119 cm³/mol. The average Bonchev–Trinajstić information content (AvgIpc) is 3.27. The van der Waals surface area contributed by atoms with Crippen LogP contribution in [-0.2, 0) is 4.79 Å². The van der Waals surface area contributed by atoms with Crippen molar-refractivity contribution in [2.45, 2.75) is 57.4 Å². The number of nitriles is 1. The van der Waals surface area contributed by atoms with Crippen molar-refractivity contribution < 1.29 is 14.3 Å². The number of nitrogens with zero attached hydrogens (tertiary/aromatic N) is 3. The first-order valence-electron chi connectivity index (χ1n) is 11.7. The molecule has 0 aromatic heterocycles. The van der Waals surface area contributed by atoms with Crippen LogP contribution in [0.25, 0.3) is 0 Å². The highest BCUT2D eigenvalue weighted by Crippen LogP contribution is 2.35. The van der Waals surface area contributed by atoms with Gasteiger partial charge < -0.3 is 19.7 Å². The van der Waals surface area contributed by atoms with Crippen molar-refractivity contribution in [1.29, 1.82) is 5.26 Å².